The van der Waals surface area contributed by atoms with Gasteiger partial charge in [0.25, 0.3) is 0 Å². The SMILES string of the molecule is CCc1c(C)sc(NC(=O)CSc2nnc(-c3csc(C)c3)n2C(C)C)c1C(=O)OC. The topological polar surface area (TPSA) is 86.1 Å². The molecule has 0 saturated heterocycles. The molecule has 3 aromatic heterocycles. The second-order valence-corrected chi connectivity index (χ2v) is 10.5. The quantitative estimate of drug-likeness (QED) is 0.347. The predicted molar refractivity (Wildman–Crippen MR) is 128 cm³/mol. The summed E-state index contributed by atoms with van der Waals surface area (Å²) in [5.74, 6) is 0.327. The van der Waals surface area contributed by atoms with Crippen LogP contribution in [0.15, 0.2) is 16.6 Å². The van der Waals surface area contributed by atoms with Gasteiger partial charge in [-0.25, -0.2) is 4.79 Å². The normalized spacial score (nSPS) is 11.2. The van der Waals surface area contributed by atoms with Crippen molar-refractivity contribution < 1.29 is 14.3 Å². The molecule has 0 fully saturated rings. The van der Waals surface area contributed by atoms with E-state index in [4.69, 9.17) is 4.74 Å². The molecule has 3 rings (SSSR count). The maximum atomic E-state index is 12.7. The molecule has 1 N–H and O–H groups in total. The van der Waals surface area contributed by atoms with Crippen LogP contribution in [0.25, 0.3) is 11.4 Å². The van der Waals surface area contributed by atoms with Crippen LogP contribution in [0.2, 0.25) is 0 Å². The van der Waals surface area contributed by atoms with E-state index in [-0.39, 0.29) is 17.7 Å². The van der Waals surface area contributed by atoms with Crippen molar-refractivity contribution in [3.63, 3.8) is 0 Å². The van der Waals surface area contributed by atoms with Crippen LogP contribution < -0.4 is 5.32 Å². The summed E-state index contributed by atoms with van der Waals surface area (Å²) in [4.78, 5) is 27.2. The number of anilines is 1. The molecule has 0 unspecified atom stereocenters. The fourth-order valence-electron chi connectivity index (χ4n) is 3.30. The maximum absolute atomic E-state index is 12.7. The molecule has 7 nitrogen and oxygen atoms in total. The number of methoxy groups -OCH3 is 1. The standard InChI is InChI=1S/C21H26N4O3S3/c1-7-15-13(5)31-19(17(15)20(27)28-6)22-16(26)10-30-21-24-23-18(25(21)11(2)3)14-8-12(4)29-9-14/h8-9,11H,7,10H2,1-6H3,(H,22,26). The Balaban J connectivity index is 1.77. The van der Waals surface area contributed by atoms with Crippen LogP contribution in [-0.4, -0.2) is 39.5 Å². The lowest BCUT2D eigenvalue weighted by atomic mass is 10.1. The van der Waals surface area contributed by atoms with Gasteiger partial charge < -0.3 is 10.1 Å². The van der Waals surface area contributed by atoms with E-state index >= 15 is 0 Å². The molecular weight excluding hydrogens is 452 g/mol. The Bertz CT molecular complexity index is 1100. The van der Waals surface area contributed by atoms with Gasteiger partial charge in [0.2, 0.25) is 5.91 Å². The van der Waals surface area contributed by atoms with Crippen molar-refractivity contribution in [3.05, 3.63) is 32.3 Å². The molecule has 0 radical (unpaired) electrons. The van der Waals surface area contributed by atoms with Crippen LogP contribution in [0.3, 0.4) is 0 Å². The number of esters is 1. The monoisotopic (exact) mass is 478 g/mol. The zero-order chi connectivity index (χ0) is 22.7. The van der Waals surface area contributed by atoms with Crippen molar-refractivity contribution in [1.82, 2.24) is 14.8 Å². The summed E-state index contributed by atoms with van der Waals surface area (Å²) < 4.78 is 6.97. The van der Waals surface area contributed by atoms with Gasteiger partial charge in [-0.15, -0.1) is 32.9 Å². The highest BCUT2D eigenvalue weighted by molar-refractivity contribution is 7.99. The molecule has 0 atom stereocenters. The summed E-state index contributed by atoms with van der Waals surface area (Å²) in [5.41, 5.74) is 2.39. The number of aryl methyl sites for hydroxylation is 2. The van der Waals surface area contributed by atoms with Crippen LogP contribution in [-0.2, 0) is 16.0 Å². The number of carbonyl (C=O) groups is 2. The highest BCUT2D eigenvalue weighted by atomic mass is 32.2. The summed E-state index contributed by atoms with van der Waals surface area (Å²) in [6.45, 7) is 10.1. The first kappa shape index (κ1) is 23.5. The van der Waals surface area contributed by atoms with Gasteiger partial charge in [0.05, 0.1) is 18.4 Å². The Morgan fingerprint density at radius 2 is 2.03 bits per heavy atom. The molecule has 0 aromatic carbocycles. The molecule has 0 aliphatic carbocycles. The van der Waals surface area contributed by atoms with Crippen molar-refractivity contribution in [3.8, 4) is 11.4 Å². The minimum atomic E-state index is -0.431. The number of thiophene rings is 2. The van der Waals surface area contributed by atoms with Crippen LogP contribution in [0.1, 0.15) is 52.5 Å². The van der Waals surface area contributed by atoms with E-state index in [1.165, 1.54) is 35.1 Å². The largest absolute Gasteiger partial charge is 0.465 e. The second-order valence-electron chi connectivity index (χ2n) is 7.24. The Kier molecular flexibility index (Phi) is 7.55. The lowest BCUT2D eigenvalue weighted by molar-refractivity contribution is -0.113. The zero-order valence-corrected chi connectivity index (χ0v) is 20.9. The van der Waals surface area contributed by atoms with Crippen molar-refractivity contribution in [2.45, 2.75) is 52.2 Å². The Morgan fingerprint density at radius 3 is 2.61 bits per heavy atom. The molecule has 10 heteroatoms. The first-order valence-corrected chi connectivity index (χ1v) is 12.6. The summed E-state index contributed by atoms with van der Waals surface area (Å²) >= 11 is 4.40. The molecule has 0 spiro atoms. The molecule has 0 bridgehead atoms. The molecule has 0 saturated carbocycles. The van der Waals surface area contributed by atoms with Gasteiger partial charge in [0.1, 0.15) is 5.00 Å². The van der Waals surface area contributed by atoms with Crippen molar-refractivity contribution in [2.75, 3.05) is 18.2 Å². The fourth-order valence-corrected chi connectivity index (χ4v) is 6.00. The summed E-state index contributed by atoms with van der Waals surface area (Å²) in [7, 11) is 1.35. The molecule has 3 heterocycles. The number of thioether (sulfide) groups is 1. The van der Waals surface area contributed by atoms with Gasteiger partial charge >= 0.3 is 5.97 Å². The number of ether oxygens (including phenoxy) is 1. The zero-order valence-electron chi connectivity index (χ0n) is 18.4. The van der Waals surface area contributed by atoms with E-state index in [9.17, 15) is 9.59 Å². The van der Waals surface area contributed by atoms with E-state index in [1.807, 2.05) is 18.4 Å². The third kappa shape index (κ3) is 5.02. The molecule has 0 aliphatic rings. The average Bonchev–Trinajstić information content (AvgIpc) is 3.42. The molecule has 1 amide bonds. The molecular formula is C21H26N4O3S3. The van der Waals surface area contributed by atoms with Crippen molar-refractivity contribution in [2.24, 2.45) is 0 Å². The highest BCUT2D eigenvalue weighted by Gasteiger charge is 2.24. The van der Waals surface area contributed by atoms with Gasteiger partial charge in [0, 0.05) is 26.7 Å². The van der Waals surface area contributed by atoms with Crippen LogP contribution in [0, 0.1) is 13.8 Å². The fraction of sp³-hybridized carbons (Fsp3) is 0.429. The number of carbonyl (C=O) groups excluding carboxylic acids is 2. The first-order chi connectivity index (χ1) is 14.8. The molecule has 3 aromatic rings. The number of hydrogen-bond donors (Lipinski definition) is 1. The van der Waals surface area contributed by atoms with E-state index in [0.29, 0.717) is 22.1 Å². The number of nitrogens with zero attached hydrogens (tertiary/aromatic N) is 3. The van der Waals surface area contributed by atoms with Gasteiger partial charge in [-0.05, 0) is 45.7 Å². The lowest BCUT2D eigenvalue weighted by Gasteiger charge is -2.13. The van der Waals surface area contributed by atoms with Crippen LogP contribution >= 0.6 is 34.4 Å². The Morgan fingerprint density at radius 1 is 1.29 bits per heavy atom. The minimum absolute atomic E-state index is 0.147. The molecule has 166 valence electrons. The third-order valence-corrected chi connectivity index (χ3v) is 7.57. The number of amides is 1. The number of rotatable bonds is 8. The average molecular weight is 479 g/mol. The number of nitrogens with one attached hydrogen (secondary N) is 1. The summed E-state index contributed by atoms with van der Waals surface area (Å²) in [5, 5.41) is 14.9. The van der Waals surface area contributed by atoms with E-state index in [0.717, 1.165) is 21.8 Å². The minimum Gasteiger partial charge on any atom is -0.465 e. The van der Waals surface area contributed by atoms with E-state index in [2.05, 4.69) is 47.7 Å². The van der Waals surface area contributed by atoms with Crippen LogP contribution in [0.5, 0.6) is 0 Å². The highest BCUT2D eigenvalue weighted by Crippen LogP contribution is 2.35. The first-order valence-electron chi connectivity index (χ1n) is 9.90. The Hall–Kier alpha value is -2.17. The smallest absolute Gasteiger partial charge is 0.341 e. The summed E-state index contributed by atoms with van der Waals surface area (Å²) in [6.07, 6.45) is 0.694. The van der Waals surface area contributed by atoms with Crippen molar-refractivity contribution >= 4 is 51.3 Å². The van der Waals surface area contributed by atoms with Gasteiger partial charge in [0.15, 0.2) is 11.0 Å². The molecule has 0 aliphatic heterocycles. The number of hydrogen-bond acceptors (Lipinski definition) is 8. The Labute approximate surface area is 194 Å². The lowest BCUT2D eigenvalue weighted by Crippen LogP contribution is -2.17. The van der Waals surface area contributed by atoms with Gasteiger partial charge in [-0.2, -0.15) is 0 Å². The maximum Gasteiger partial charge on any atom is 0.341 e. The van der Waals surface area contributed by atoms with Gasteiger partial charge in [-0.1, -0.05) is 18.7 Å². The second kappa shape index (κ2) is 9.97. The van der Waals surface area contributed by atoms with Crippen molar-refractivity contribution in [1.29, 1.82) is 0 Å². The van der Waals surface area contributed by atoms with Crippen LogP contribution in [0.4, 0.5) is 5.00 Å². The molecule has 31 heavy (non-hydrogen) atoms. The van der Waals surface area contributed by atoms with E-state index in [1.54, 1.807) is 11.3 Å². The summed E-state index contributed by atoms with van der Waals surface area (Å²) in [6, 6.07) is 2.24. The predicted octanol–water partition coefficient (Wildman–Crippen LogP) is 5.35. The van der Waals surface area contributed by atoms with Gasteiger partial charge in [-0.3, -0.25) is 9.36 Å². The number of aromatic nitrogens is 3. The third-order valence-electron chi connectivity index (χ3n) is 4.71. The van der Waals surface area contributed by atoms with E-state index < -0.39 is 5.97 Å².